The quantitative estimate of drug-likeness (QED) is 0.650. The van der Waals surface area contributed by atoms with E-state index in [0.29, 0.717) is 5.17 Å². The molecule has 0 saturated heterocycles. The Morgan fingerprint density at radius 3 is 2.64 bits per heavy atom. The smallest absolute Gasteiger partial charge is 0.224 e. The number of amides is 1. The molecule has 7 heteroatoms. The molecule has 4 rings (SSSR count). The van der Waals surface area contributed by atoms with Gasteiger partial charge >= 0.3 is 0 Å². The van der Waals surface area contributed by atoms with E-state index in [1.807, 2.05) is 31.2 Å². The number of anilines is 1. The monoisotopic (exact) mass is 361 g/mol. The molecule has 134 valence electrons. The molecule has 2 fully saturated rings. The highest BCUT2D eigenvalue weighted by Crippen LogP contribution is 2.41. The molecule has 25 heavy (non-hydrogen) atoms. The number of nitrogens with one attached hydrogen (secondary N) is 2. The van der Waals surface area contributed by atoms with Crippen LogP contribution in [0, 0.1) is 12.8 Å². The third kappa shape index (κ3) is 3.54. The zero-order chi connectivity index (χ0) is 17.6. The molecule has 6 nitrogen and oxygen atoms in total. The predicted octanol–water partition coefficient (Wildman–Crippen LogP) is 1.27. The Morgan fingerprint density at radius 1 is 1.24 bits per heavy atom. The molecule has 5 unspecified atom stereocenters. The predicted molar refractivity (Wildman–Crippen MR) is 98.7 cm³/mol. The van der Waals surface area contributed by atoms with Crippen molar-refractivity contribution in [1.82, 2.24) is 5.32 Å². The lowest BCUT2D eigenvalue weighted by atomic mass is 9.81. The van der Waals surface area contributed by atoms with Crippen LogP contribution in [0.25, 0.3) is 0 Å². The lowest BCUT2D eigenvalue weighted by Gasteiger charge is -2.37. The summed E-state index contributed by atoms with van der Waals surface area (Å²) in [6.07, 6.45) is 0.490. The van der Waals surface area contributed by atoms with Gasteiger partial charge in [0.15, 0.2) is 5.17 Å². The topological polar surface area (TPSA) is 94.0 Å². The summed E-state index contributed by atoms with van der Waals surface area (Å²) < 4.78 is 0. The number of aliphatic hydroxyl groups excluding tert-OH is 2. The lowest BCUT2D eigenvalue weighted by molar-refractivity contribution is -0.129. The summed E-state index contributed by atoms with van der Waals surface area (Å²) in [6, 6.07) is 7.80. The van der Waals surface area contributed by atoms with Gasteiger partial charge in [-0.3, -0.25) is 9.79 Å². The van der Waals surface area contributed by atoms with Crippen LogP contribution in [-0.2, 0) is 4.79 Å². The number of fused-ring (bicyclic) bond motifs is 1. The van der Waals surface area contributed by atoms with Gasteiger partial charge in [0, 0.05) is 17.0 Å². The number of carbonyl (C=O) groups excluding carboxylic acids is 1. The first-order chi connectivity index (χ1) is 12.0. The van der Waals surface area contributed by atoms with Crippen LogP contribution in [0.4, 0.5) is 5.69 Å². The molecular weight excluding hydrogens is 338 g/mol. The van der Waals surface area contributed by atoms with Crippen molar-refractivity contribution >= 4 is 28.5 Å². The fraction of sp³-hybridized carbons (Fsp3) is 0.556. The van der Waals surface area contributed by atoms with Gasteiger partial charge in [0.25, 0.3) is 0 Å². The summed E-state index contributed by atoms with van der Waals surface area (Å²) >= 11 is 1.49. The van der Waals surface area contributed by atoms with Crippen LogP contribution in [0.3, 0.4) is 0 Å². The van der Waals surface area contributed by atoms with Crippen LogP contribution in [0.15, 0.2) is 29.3 Å². The molecule has 2 saturated carbocycles. The summed E-state index contributed by atoms with van der Waals surface area (Å²) in [7, 11) is 0. The second-order valence-electron chi connectivity index (χ2n) is 7.18. The number of hydrogen-bond donors (Lipinski definition) is 4. The maximum absolute atomic E-state index is 12.6. The Kier molecular flexibility index (Phi) is 4.47. The van der Waals surface area contributed by atoms with Gasteiger partial charge in [-0.05, 0) is 38.3 Å². The highest BCUT2D eigenvalue weighted by atomic mass is 32.2. The molecule has 0 spiro atoms. The molecule has 1 aliphatic heterocycles. The first-order valence-corrected chi connectivity index (χ1v) is 9.64. The number of hydrogen-bond acceptors (Lipinski definition) is 6. The number of aliphatic hydroxyl groups is 2. The fourth-order valence-electron chi connectivity index (χ4n) is 3.40. The van der Waals surface area contributed by atoms with E-state index >= 15 is 0 Å². The Hall–Kier alpha value is -1.57. The highest BCUT2D eigenvalue weighted by Gasteiger charge is 2.50. The second-order valence-corrected chi connectivity index (χ2v) is 8.35. The normalized spacial score (nSPS) is 34.2. The number of aliphatic imine (C=N–C) groups is 1. The van der Waals surface area contributed by atoms with Gasteiger partial charge in [-0.2, -0.15) is 0 Å². The fourth-order valence-corrected chi connectivity index (χ4v) is 4.78. The van der Waals surface area contributed by atoms with Crippen LogP contribution in [0.1, 0.15) is 24.8 Å². The van der Waals surface area contributed by atoms with Gasteiger partial charge in [0.05, 0.1) is 18.1 Å². The SMILES string of the molecule is Cc1ccc(NC2=NC3C(O)C(O)CC(C(=O)NC4CC4)C3S2)cc1. The number of nitrogens with zero attached hydrogens (tertiary/aromatic N) is 1. The van der Waals surface area contributed by atoms with E-state index < -0.39 is 18.2 Å². The molecule has 1 aromatic rings. The molecule has 1 amide bonds. The Labute approximate surface area is 151 Å². The van der Waals surface area contributed by atoms with E-state index in [1.165, 1.54) is 17.3 Å². The Morgan fingerprint density at radius 2 is 1.96 bits per heavy atom. The summed E-state index contributed by atoms with van der Waals surface area (Å²) in [6.45, 7) is 2.03. The minimum Gasteiger partial charge on any atom is -0.390 e. The number of amidine groups is 1. The summed E-state index contributed by atoms with van der Waals surface area (Å²) in [5.41, 5.74) is 2.10. The minimum atomic E-state index is -0.931. The van der Waals surface area contributed by atoms with Crippen LogP contribution in [0.5, 0.6) is 0 Å². The van der Waals surface area contributed by atoms with E-state index in [2.05, 4.69) is 15.6 Å². The van der Waals surface area contributed by atoms with Crippen molar-refractivity contribution in [3.05, 3.63) is 29.8 Å². The van der Waals surface area contributed by atoms with Crippen molar-refractivity contribution in [2.24, 2.45) is 10.9 Å². The van der Waals surface area contributed by atoms with Crippen LogP contribution < -0.4 is 10.6 Å². The summed E-state index contributed by atoms with van der Waals surface area (Å²) in [5, 5.41) is 27.3. The van der Waals surface area contributed by atoms with Gasteiger partial charge in [0.1, 0.15) is 6.10 Å². The molecule has 0 radical (unpaired) electrons. The van der Waals surface area contributed by atoms with E-state index in [9.17, 15) is 15.0 Å². The first-order valence-electron chi connectivity index (χ1n) is 8.76. The van der Waals surface area contributed by atoms with Gasteiger partial charge in [0.2, 0.25) is 5.91 Å². The second kappa shape index (κ2) is 6.63. The molecule has 2 aliphatic carbocycles. The first kappa shape index (κ1) is 16.9. The van der Waals surface area contributed by atoms with Gasteiger partial charge in [-0.25, -0.2) is 0 Å². The van der Waals surface area contributed by atoms with E-state index in [-0.39, 0.29) is 29.5 Å². The molecule has 1 aromatic carbocycles. The maximum atomic E-state index is 12.6. The highest BCUT2D eigenvalue weighted by molar-refractivity contribution is 8.15. The number of thioether (sulfide) groups is 1. The molecule has 1 heterocycles. The molecule has 0 aromatic heterocycles. The van der Waals surface area contributed by atoms with Crippen molar-refractivity contribution in [3.63, 3.8) is 0 Å². The van der Waals surface area contributed by atoms with Crippen molar-refractivity contribution in [2.45, 2.75) is 55.7 Å². The average Bonchev–Trinajstić information content (AvgIpc) is 3.30. The molecule has 4 N–H and O–H groups in total. The van der Waals surface area contributed by atoms with Gasteiger partial charge < -0.3 is 20.8 Å². The van der Waals surface area contributed by atoms with Crippen LogP contribution in [0.2, 0.25) is 0 Å². The van der Waals surface area contributed by atoms with Crippen molar-refractivity contribution in [2.75, 3.05) is 5.32 Å². The largest absolute Gasteiger partial charge is 0.390 e. The van der Waals surface area contributed by atoms with Crippen molar-refractivity contribution < 1.29 is 15.0 Å². The van der Waals surface area contributed by atoms with Crippen molar-refractivity contribution in [3.8, 4) is 0 Å². The van der Waals surface area contributed by atoms with Crippen LogP contribution >= 0.6 is 11.8 Å². The molecular formula is C18H23N3O3S. The summed E-state index contributed by atoms with van der Waals surface area (Å²) in [4.78, 5) is 17.1. The lowest BCUT2D eigenvalue weighted by Crippen LogP contribution is -2.54. The third-order valence-electron chi connectivity index (χ3n) is 5.05. The molecule has 0 bridgehead atoms. The van der Waals surface area contributed by atoms with Crippen LogP contribution in [-0.4, -0.2) is 50.8 Å². The number of aryl methyl sites for hydroxylation is 1. The van der Waals surface area contributed by atoms with E-state index in [0.717, 1.165) is 18.5 Å². The summed E-state index contributed by atoms with van der Waals surface area (Å²) in [5.74, 6) is -0.363. The maximum Gasteiger partial charge on any atom is 0.224 e. The minimum absolute atomic E-state index is 0.0252. The van der Waals surface area contributed by atoms with Gasteiger partial charge in [-0.1, -0.05) is 29.5 Å². The zero-order valence-corrected chi connectivity index (χ0v) is 14.9. The molecule has 3 aliphatic rings. The zero-order valence-electron chi connectivity index (χ0n) is 14.1. The Bertz CT molecular complexity index is 689. The average molecular weight is 361 g/mol. The van der Waals surface area contributed by atoms with Gasteiger partial charge in [-0.15, -0.1) is 0 Å². The third-order valence-corrected chi connectivity index (χ3v) is 6.36. The number of rotatable bonds is 3. The van der Waals surface area contributed by atoms with Crippen molar-refractivity contribution in [1.29, 1.82) is 0 Å². The van der Waals surface area contributed by atoms with E-state index in [1.54, 1.807) is 0 Å². The standard InChI is InChI=1S/C18H23N3O3S/c1-9-2-4-11(5-3-9)20-18-21-14-15(23)13(22)8-12(16(14)25-18)17(24)19-10-6-7-10/h2-5,10,12-16,22-23H,6-8H2,1H3,(H,19,24)(H,20,21). The number of benzene rings is 1. The Balaban J connectivity index is 1.49. The number of carbonyl (C=O) groups is 1. The molecule has 5 atom stereocenters. The van der Waals surface area contributed by atoms with E-state index in [4.69, 9.17) is 0 Å².